The lowest BCUT2D eigenvalue weighted by atomic mass is 9.94. The van der Waals surface area contributed by atoms with Crippen LogP contribution in [0.15, 0.2) is 72.2 Å². The number of hydrogen-bond donors (Lipinski definition) is 3. The summed E-state index contributed by atoms with van der Waals surface area (Å²) in [6, 6.07) is 11.6. The zero-order chi connectivity index (χ0) is 29.3. The van der Waals surface area contributed by atoms with E-state index >= 15 is 4.39 Å². The summed E-state index contributed by atoms with van der Waals surface area (Å²) >= 11 is 6.07. The first-order valence-corrected chi connectivity index (χ1v) is 13.5. The Balaban J connectivity index is 1.62. The molecular weight excluding hydrogens is 547 g/mol. The van der Waals surface area contributed by atoms with Crippen LogP contribution in [0.1, 0.15) is 37.8 Å². The minimum Gasteiger partial charge on any atom is -0.403 e. The Hall–Kier alpha value is -4.48. The predicted octanol–water partition coefficient (Wildman–Crippen LogP) is 4.56. The van der Waals surface area contributed by atoms with E-state index in [4.69, 9.17) is 23.2 Å². The van der Waals surface area contributed by atoms with E-state index in [-0.39, 0.29) is 45.4 Å². The number of hydrogen-bond acceptors (Lipinski definition) is 7. The fourth-order valence-electron chi connectivity index (χ4n) is 5.19. The Labute approximate surface area is 241 Å². The maximum Gasteiger partial charge on any atom is 0.254 e. The lowest BCUT2D eigenvalue weighted by molar-refractivity contribution is -0.119. The molecule has 12 heteroatoms. The number of rotatable bonds is 4. The van der Waals surface area contributed by atoms with Crippen LogP contribution < -0.4 is 27.5 Å². The van der Waals surface area contributed by atoms with Gasteiger partial charge in [0.1, 0.15) is 0 Å². The van der Waals surface area contributed by atoms with Crippen molar-refractivity contribution in [1.82, 2.24) is 19.3 Å². The van der Waals surface area contributed by atoms with Crippen molar-refractivity contribution >= 4 is 28.9 Å². The van der Waals surface area contributed by atoms with E-state index < -0.39 is 5.82 Å². The number of carbonyl (C=O) groups is 1. The molecule has 2 bridgehead atoms. The summed E-state index contributed by atoms with van der Waals surface area (Å²) in [6.07, 6.45) is 7.48. The van der Waals surface area contributed by atoms with Gasteiger partial charge in [-0.25, -0.2) is 15.2 Å². The number of aromatic nitrogens is 4. The van der Waals surface area contributed by atoms with E-state index in [1.54, 1.807) is 10.9 Å². The second kappa shape index (κ2) is 11.6. The van der Waals surface area contributed by atoms with Gasteiger partial charge >= 0.3 is 0 Å². The van der Waals surface area contributed by atoms with Gasteiger partial charge in [-0.15, -0.1) is 0 Å². The molecule has 4 aromatic rings. The van der Waals surface area contributed by atoms with Crippen LogP contribution in [0.25, 0.3) is 22.5 Å². The maximum absolute atomic E-state index is 15.3. The molecule has 0 fully saturated rings. The lowest BCUT2D eigenvalue weighted by Gasteiger charge is -2.23. The van der Waals surface area contributed by atoms with Crippen molar-refractivity contribution in [3.05, 3.63) is 94.1 Å². The van der Waals surface area contributed by atoms with Crippen molar-refractivity contribution in [1.29, 1.82) is 0 Å². The third-order valence-corrected chi connectivity index (χ3v) is 7.62. The topological polar surface area (TPSA) is 137 Å². The van der Waals surface area contributed by atoms with E-state index in [9.17, 15) is 9.59 Å². The second-order valence-electron chi connectivity index (χ2n) is 10.0. The Morgan fingerprint density at radius 3 is 2.76 bits per heavy atom. The van der Waals surface area contributed by atoms with Gasteiger partial charge in [-0.3, -0.25) is 23.8 Å². The minimum atomic E-state index is -0.757. The molecule has 0 spiro atoms. The zero-order valence-corrected chi connectivity index (χ0v) is 23.3. The molecule has 212 valence electrons. The van der Waals surface area contributed by atoms with E-state index in [0.29, 0.717) is 24.9 Å². The number of benzene rings is 2. The second-order valence-corrected chi connectivity index (χ2v) is 10.4. The van der Waals surface area contributed by atoms with Crippen LogP contribution in [0.5, 0.6) is 0 Å². The molecule has 1 aliphatic rings. The first kappa shape index (κ1) is 28.1. The van der Waals surface area contributed by atoms with Gasteiger partial charge in [0.25, 0.3) is 5.56 Å². The highest BCUT2D eigenvalue weighted by Crippen LogP contribution is 2.36. The number of carbonyl (C=O) groups excluding carboxylic acids is 1. The zero-order valence-electron chi connectivity index (χ0n) is 22.6. The first-order chi connectivity index (χ1) is 19.7. The van der Waals surface area contributed by atoms with Gasteiger partial charge in [-0.05, 0) is 36.6 Å². The highest BCUT2D eigenvalue weighted by Gasteiger charge is 2.24. The average molecular weight is 577 g/mol. The van der Waals surface area contributed by atoms with Gasteiger partial charge in [0.2, 0.25) is 5.91 Å². The Bertz CT molecular complexity index is 1700. The first-order valence-electron chi connectivity index (χ1n) is 13.1. The van der Waals surface area contributed by atoms with Gasteiger partial charge < -0.3 is 11.1 Å². The monoisotopic (exact) mass is 576 g/mol. The predicted molar refractivity (Wildman–Crippen MR) is 157 cm³/mol. The molecule has 3 heterocycles. The highest BCUT2D eigenvalue weighted by atomic mass is 35.5. The molecule has 2 atom stereocenters. The van der Waals surface area contributed by atoms with E-state index in [0.717, 1.165) is 21.8 Å². The number of hydrazine groups is 1. The van der Waals surface area contributed by atoms with Gasteiger partial charge in [-0.1, -0.05) is 43.1 Å². The van der Waals surface area contributed by atoms with Crippen LogP contribution >= 0.6 is 11.6 Å². The van der Waals surface area contributed by atoms with E-state index in [1.807, 2.05) is 38.2 Å². The number of nitrogens with two attached hydrogens (primary N) is 2. The molecule has 5 rings (SSSR count). The summed E-state index contributed by atoms with van der Waals surface area (Å²) in [4.78, 5) is 31.0. The summed E-state index contributed by atoms with van der Waals surface area (Å²) in [5, 5.41) is 8.35. The molecule has 41 heavy (non-hydrogen) atoms. The molecule has 1 aliphatic heterocycles. The number of halogens is 2. The molecule has 0 aliphatic carbocycles. The molecule has 2 aromatic heterocycles. The van der Waals surface area contributed by atoms with Crippen LogP contribution in [0.3, 0.4) is 0 Å². The molecule has 1 amide bonds. The standard InChI is InChI=1S/C29H30ClFN8O2/c1-17-5-3-8-23(18-6-4-7-19(13-18)28-22(36-29(17)41)15-35-37(28)2)38-16-34-21(14-25(38)40)26-24(39(33)12-11-32)10-9-20(30)27(26)31/h4,6-7,9-17,23H,3,5,8,32-33H2,1-2H3,(H,36,41)/b12-11-/t17?,23-/m0/s1. The van der Waals surface area contributed by atoms with Crippen LogP contribution in [0, 0.1) is 11.7 Å². The molecule has 0 saturated heterocycles. The Kier molecular flexibility index (Phi) is 7.91. The van der Waals surface area contributed by atoms with Crippen molar-refractivity contribution in [3.63, 3.8) is 0 Å². The number of nitrogens with zero attached hydrogens (tertiary/aromatic N) is 5. The van der Waals surface area contributed by atoms with Gasteiger partial charge in [0.05, 0.1) is 51.9 Å². The maximum atomic E-state index is 15.3. The molecule has 10 nitrogen and oxygen atoms in total. The van der Waals surface area contributed by atoms with Crippen LogP contribution in [-0.4, -0.2) is 25.2 Å². The van der Waals surface area contributed by atoms with Crippen molar-refractivity contribution in [2.24, 2.45) is 24.5 Å². The third-order valence-electron chi connectivity index (χ3n) is 7.33. The fraction of sp³-hybridized carbons (Fsp3) is 0.241. The van der Waals surface area contributed by atoms with Gasteiger partial charge in [0, 0.05) is 37.0 Å². The summed E-state index contributed by atoms with van der Waals surface area (Å²) < 4.78 is 18.5. The van der Waals surface area contributed by atoms with Crippen LogP contribution in [0.2, 0.25) is 5.02 Å². The van der Waals surface area contributed by atoms with E-state index in [1.165, 1.54) is 41.5 Å². The van der Waals surface area contributed by atoms with Crippen molar-refractivity contribution in [2.45, 2.75) is 32.2 Å². The Morgan fingerprint density at radius 2 is 2.00 bits per heavy atom. The lowest BCUT2D eigenvalue weighted by Crippen LogP contribution is -2.28. The molecule has 5 N–H and O–H groups in total. The summed E-state index contributed by atoms with van der Waals surface area (Å²) in [6.45, 7) is 1.88. The number of fused-ring (bicyclic) bond motifs is 4. The van der Waals surface area contributed by atoms with Crippen molar-refractivity contribution in [3.8, 4) is 22.5 Å². The largest absolute Gasteiger partial charge is 0.403 e. The van der Waals surface area contributed by atoms with Crippen molar-refractivity contribution < 1.29 is 9.18 Å². The third kappa shape index (κ3) is 5.46. The van der Waals surface area contributed by atoms with Gasteiger partial charge in [0.15, 0.2) is 5.82 Å². The molecule has 1 unspecified atom stereocenters. The van der Waals surface area contributed by atoms with Crippen LogP contribution in [0.4, 0.5) is 15.8 Å². The summed E-state index contributed by atoms with van der Waals surface area (Å²) in [5.74, 6) is 4.94. The number of nitrogens with one attached hydrogen (secondary N) is 1. The molecular formula is C29H30ClFN8O2. The number of anilines is 2. The van der Waals surface area contributed by atoms with Gasteiger partial charge in [-0.2, -0.15) is 5.10 Å². The highest BCUT2D eigenvalue weighted by molar-refractivity contribution is 6.31. The normalized spacial score (nSPS) is 17.4. The summed E-state index contributed by atoms with van der Waals surface area (Å²) in [7, 11) is 1.81. The quantitative estimate of drug-likeness (QED) is 0.239. The summed E-state index contributed by atoms with van der Waals surface area (Å²) in [5.41, 5.74) is 8.49. The molecule has 0 radical (unpaired) electrons. The smallest absolute Gasteiger partial charge is 0.254 e. The Morgan fingerprint density at radius 1 is 1.20 bits per heavy atom. The average Bonchev–Trinajstić information content (AvgIpc) is 3.31. The van der Waals surface area contributed by atoms with Crippen molar-refractivity contribution in [2.75, 3.05) is 10.3 Å². The number of amides is 1. The number of aryl methyl sites for hydroxylation is 1. The SMILES string of the molecule is CC1CCC[C@H](n2cnc(-c3c(N(N)/C=C\N)ccc(Cl)c3F)cc2=O)c2cccc(c2)-c2c(cnn2C)NC1=O. The molecule has 0 saturated carbocycles. The fourth-order valence-corrected chi connectivity index (χ4v) is 5.35. The molecule has 2 aromatic carbocycles. The van der Waals surface area contributed by atoms with Crippen LogP contribution in [-0.2, 0) is 11.8 Å². The van der Waals surface area contributed by atoms with E-state index in [2.05, 4.69) is 15.4 Å². The minimum absolute atomic E-state index is 0.0217.